The zero-order chi connectivity index (χ0) is 26.3. The quantitative estimate of drug-likeness (QED) is 0.357. The molecule has 5 rings (SSSR count). The Morgan fingerprint density at radius 3 is 3.03 bits per heavy atom. The first kappa shape index (κ1) is 27.0. The molecule has 2 fully saturated rings. The van der Waals surface area contributed by atoms with Gasteiger partial charge in [0.2, 0.25) is 0 Å². The molecule has 8 heteroatoms. The third-order valence-corrected chi connectivity index (χ3v) is 8.15. The van der Waals surface area contributed by atoms with Gasteiger partial charge in [0.15, 0.2) is 0 Å². The summed E-state index contributed by atoms with van der Waals surface area (Å²) in [7, 11) is 1.46. The van der Waals surface area contributed by atoms with Crippen LogP contribution < -0.4 is 5.32 Å². The Kier molecular flexibility index (Phi) is 9.25. The number of methoxy groups -OCH3 is 1. The highest BCUT2D eigenvalue weighted by molar-refractivity contribution is 5.78. The van der Waals surface area contributed by atoms with Crippen LogP contribution in [0.5, 0.6) is 0 Å². The van der Waals surface area contributed by atoms with E-state index in [1.807, 2.05) is 12.1 Å². The average molecular weight is 523 g/mol. The number of aryl methyl sites for hydroxylation is 2. The summed E-state index contributed by atoms with van der Waals surface area (Å²) in [5.41, 5.74) is 4.24. The van der Waals surface area contributed by atoms with Crippen molar-refractivity contribution in [2.45, 2.75) is 76.5 Å². The van der Waals surface area contributed by atoms with Crippen molar-refractivity contribution in [3.05, 3.63) is 53.0 Å². The summed E-state index contributed by atoms with van der Waals surface area (Å²) in [4.78, 5) is 24.8. The molecule has 2 unspecified atom stereocenters. The highest BCUT2D eigenvalue weighted by Crippen LogP contribution is 2.38. The van der Waals surface area contributed by atoms with E-state index in [1.165, 1.54) is 19.1 Å². The second-order valence-corrected chi connectivity index (χ2v) is 10.9. The van der Waals surface area contributed by atoms with Crippen molar-refractivity contribution in [1.82, 2.24) is 14.9 Å². The summed E-state index contributed by atoms with van der Waals surface area (Å²) in [5.74, 6) is 1.17. The van der Waals surface area contributed by atoms with Crippen molar-refractivity contribution < 1.29 is 19.0 Å². The van der Waals surface area contributed by atoms with Gasteiger partial charge >= 0.3 is 5.97 Å². The van der Waals surface area contributed by atoms with Gasteiger partial charge in [-0.1, -0.05) is 19.1 Å². The average Bonchev–Trinajstić information content (AvgIpc) is 3.41. The van der Waals surface area contributed by atoms with E-state index < -0.39 is 6.04 Å². The number of nitrogens with one attached hydrogen (secondary N) is 1. The minimum Gasteiger partial charge on any atom is -0.468 e. The number of likely N-dealkylation sites (tertiary alicyclic amines) is 1. The third-order valence-electron chi connectivity index (χ3n) is 8.15. The minimum absolute atomic E-state index is 0.0952. The fraction of sp³-hybridized carbons (Fsp3) is 0.633. The number of hydrogen-bond donors (Lipinski definition) is 1. The van der Waals surface area contributed by atoms with Crippen LogP contribution in [0.25, 0.3) is 0 Å². The first-order valence-corrected chi connectivity index (χ1v) is 14.4. The fourth-order valence-corrected chi connectivity index (χ4v) is 6.05. The van der Waals surface area contributed by atoms with Gasteiger partial charge in [-0.05, 0) is 75.0 Å². The Morgan fingerprint density at radius 2 is 2.16 bits per heavy atom. The number of rotatable bonds is 10. The van der Waals surface area contributed by atoms with Gasteiger partial charge in [0, 0.05) is 50.3 Å². The van der Waals surface area contributed by atoms with Gasteiger partial charge < -0.3 is 19.5 Å². The molecule has 5 heterocycles. The molecule has 2 aromatic rings. The van der Waals surface area contributed by atoms with E-state index in [0.29, 0.717) is 12.5 Å². The minimum atomic E-state index is -0.501. The predicted molar refractivity (Wildman–Crippen MR) is 146 cm³/mol. The first-order valence-electron chi connectivity index (χ1n) is 14.4. The van der Waals surface area contributed by atoms with Gasteiger partial charge in [0.25, 0.3) is 0 Å². The van der Waals surface area contributed by atoms with E-state index in [-0.39, 0.29) is 18.2 Å². The second kappa shape index (κ2) is 13.0. The van der Waals surface area contributed by atoms with Crippen LogP contribution in [0.4, 0.5) is 5.82 Å². The van der Waals surface area contributed by atoms with Crippen LogP contribution in [0.1, 0.15) is 80.1 Å². The second-order valence-electron chi connectivity index (χ2n) is 10.9. The number of carbonyl (C=O) groups excluding carboxylic acids is 1. The lowest BCUT2D eigenvalue weighted by Crippen LogP contribution is -2.36. The molecule has 1 N–H and O–H groups in total. The molecule has 0 saturated carbocycles. The summed E-state index contributed by atoms with van der Waals surface area (Å²) in [5, 5.41) is 3.42. The molecule has 206 valence electrons. The molecule has 0 aromatic carbocycles. The van der Waals surface area contributed by atoms with Gasteiger partial charge in [-0.15, -0.1) is 0 Å². The maximum Gasteiger partial charge on any atom is 0.327 e. The molecule has 38 heavy (non-hydrogen) atoms. The summed E-state index contributed by atoms with van der Waals surface area (Å²) in [6, 6.07) is 7.80. The molecule has 3 aliphatic heterocycles. The van der Waals surface area contributed by atoms with Crippen molar-refractivity contribution >= 4 is 11.8 Å². The number of nitrogens with zero attached hydrogens (tertiary/aromatic N) is 3. The Hall–Kier alpha value is -2.55. The standard InChI is InChI=1S/C30H42N4O4/c1-21-8-7-19-38-28(21)26-25(11-6-15-31-26)27(30(35)36-2)34-17-14-24(20-34)37-18-4-3-10-23-13-12-22-9-5-16-32-29(22)33-23/h6,11-13,15,21,24,27-28H,3-5,7-10,14,16-20H2,1-2H3,(H,32,33)/t21?,24-,27+,28?/m1/s1. The van der Waals surface area contributed by atoms with E-state index in [0.717, 1.165) is 94.0 Å². The highest BCUT2D eigenvalue weighted by atomic mass is 16.5. The van der Waals surface area contributed by atoms with Crippen molar-refractivity contribution in [3.8, 4) is 0 Å². The molecule has 8 nitrogen and oxygen atoms in total. The summed E-state index contributed by atoms with van der Waals surface area (Å²) in [6.07, 6.45) is 10.2. The summed E-state index contributed by atoms with van der Waals surface area (Å²) in [6.45, 7) is 6.15. The monoisotopic (exact) mass is 522 g/mol. The lowest BCUT2D eigenvalue weighted by Gasteiger charge is -2.33. The molecule has 0 amide bonds. The number of ether oxygens (including phenoxy) is 3. The maximum absolute atomic E-state index is 13.1. The van der Waals surface area contributed by atoms with E-state index in [1.54, 1.807) is 6.20 Å². The predicted octanol–water partition coefficient (Wildman–Crippen LogP) is 4.65. The fourth-order valence-electron chi connectivity index (χ4n) is 6.05. The zero-order valence-corrected chi connectivity index (χ0v) is 22.9. The summed E-state index contributed by atoms with van der Waals surface area (Å²) >= 11 is 0. The molecule has 0 spiro atoms. The van der Waals surface area contributed by atoms with E-state index >= 15 is 0 Å². The van der Waals surface area contributed by atoms with Crippen molar-refractivity contribution in [1.29, 1.82) is 0 Å². The highest BCUT2D eigenvalue weighted by Gasteiger charge is 2.38. The third kappa shape index (κ3) is 6.35. The van der Waals surface area contributed by atoms with E-state index in [9.17, 15) is 4.79 Å². The molecule has 2 saturated heterocycles. The molecule has 2 aromatic heterocycles. The normalized spacial score (nSPS) is 24.4. The molecular weight excluding hydrogens is 480 g/mol. The van der Waals surface area contributed by atoms with Gasteiger partial charge in [0.1, 0.15) is 18.0 Å². The number of fused-ring (bicyclic) bond motifs is 1. The molecular formula is C30H42N4O4. The van der Waals surface area contributed by atoms with Crippen LogP contribution in [0.15, 0.2) is 30.5 Å². The number of pyridine rings is 2. The SMILES string of the molecule is COC(=O)[C@H](c1cccnc1C1OCCCC1C)N1CC[C@@H](OCCCCc2ccc3c(n2)NCCC3)C1. The molecule has 4 atom stereocenters. The van der Waals surface area contributed by atoms with Crippen LogP contribution in [0.3, 0.4) is 0 Å². The Morgan fingerprint density at radius 1 is 1.24 bits per heavy atom. The number of unbranched alkanes of at least 4 members (excludes halogenated alkanes) is 1. The largest absolute Gasteiger partial charge is 0.468 e. The van der Waals surface area contributed by atoms with Crippen LogP contribution in [0.2, 0.25) is 0 Å². The smallest absolute Gasteiger partial charge is 0.327 e. The van der Waals surface area contributed by atoms with Gasteiger partial charge in [0.05, 0.1) is 18.9 Å². The van der Waals surface area contributed by atoms with Crippen LogP contribution in [-0.2, 0) is 31.8 Å². The first-order chi connectivity index (χ1) is 18.6. The molecule has 0 radical (unpaired) electrons. The summed E-state index contributed by atoms with van der Waals surface area (Å²) < 4.78 is 17.7. The zero-order valence-electron chi connectivity index (χ0n) is 22.9. The van der Waals surface area contributed by atoms with Crippen LogP contribution in [0, 0.1) is 5.92 Å². The van der Waals surface area contributed by atoms with Crippen LogP contribution >= 0.6 is 0 Å². The Balaban J connectivity index is 1.14. The van der Waals surface area contributed by atoms with Gasteiger partial charge in [-0.2, -0.15) is 0 Å². The van der Waals surface area contributed by atoms with Crippen molar-refractivity contribution in [2.75, 3.05) is 45.3 Å². The van der Waals surface area contributed by atoms with Crippen molar-refractivity contribution in [2.24, 2.45) is 5.92 Å². The Bertz CT molecular complexity index is 1080. The Labute approximate surface area is 226 Å². The molecule has 3 aliphatic rings. The molecule has 0 aliphatic carbocycles. The maximum atomic E-state index is 13.1. The lowest BCUT2D eigenvalue weighted by atomic mass is 9.90. The lowest BCUT2D eigenvalue weighted by molar-refractivity contribution is -0.147. The number of carbonyl (C=O) groups is 1. The number of anilines is 1. The molecule has 0 bridgehead atoms. The van der Waals surface area contributed by atoms with E-state index in [2.05, 4.69) is 29.3 Å². The van der Waals surface area contributed by atoms with E-state index in [4.69, 9.17) is 24.2 Å². The number of aromatic nitrogens is 2. The van der Waals surface area contributed by atoms with Crippen molar-refractivity contribution in [3.63, 3.8) is 0 Å². The number of esters is 1. The topological polar surface area (TPSA) is 85.8 Å². The number of hydrogen-bond acceptors (Lipinski definition) is 8. The van der Waals surface area contributed by atoms with Gasteiger partial charge in [-0.25, -0.2) is 9.78 Å². The van der Waals surface area contributed by atoms with Crippen LogP contribution in [-0.4, -0.2) is 66.9 Å². The van der Waals surface area contributed by atoms with Gasteiger partial charge in [-0.3, -0.25) is 9.88 Å².